The largest absolute Gasteiger partial charge is 0.490 e. The summed E-state index contributed by atoms with van der Waals surface area (Å²) >= 11 is 1.43. The Balaban J connectivity index is 1.93. The molecule has 0 aliphatic rings. The van der Waals surface area contributed by atoms with Crippen molar-refractivity contribution in [1.29, 1.82) is 0 Å². The Bertz CT molecular complexity index is 725. The molecule has 0 spiro atoms. The van der Waals surface area contributed by atoms with Crippen LogP contribution < -0.4 is 10.1 Å². The lowest BCUT2D eigenvalue weighted by Gasteiger charge is -2.14. The fourth-order valence-corrected chi connectivity index (χ4v) is 2.77. The third-order valence-electron chi connectivity index (χ3n) is 3.18. The topological polar surface area (TPSA) is 51.2 Å². The maximum absolute atomic E-state index is 12.0. The van der Waals surface area contributed by atoms with Crippen LogP contribution in [0, 0.1) is 0 Å². The third-order valence-corrected chi connectivity index (χ3v) is 3.94. The van der Waals surface area contributed by atoms with Gasteiger partial charge in [-0.15, -0.1) is 11.3 Å². The predicted octanol–water partition coefficient (Wildman–Crippen LogP) is 4.66. The first-order chi connectivity index (χ1) is 11.4. The highest BCUT2D eigenvalue weighted by atomic mass is 32.1. The molecule has 0 fully saturated rings. The van der Waals surface area contributed by atoms with Crippen molar-refractivity contribution in [3.63, 3.8) is 0 Å². The second-order valence-corrected chi connectivity index (χ2v) is 7.14. The highest BCUT2D eigenvalue weighted by Crippen LogP contribution is 2.26. The SMILES string of the molecule is C=CCOc1ccc(/C=C/C(=O)Nc2nc(C(C)(C)C)cs2)cc1. The van der Waals surface area contributed by atoms with Crippen LogP contribution in [0.15, 0.2) is 48.4 Å². The lowest BCUT2D eigenvalue weighted by molar-refractivity contribution is -0.111. The summed E-state index contributed by atoms with van der Waals surface area (Å²) in [5.41, 5.74) is 1.87. The molecule has 1 amide bonds. The molecule has 1 aromatic carbocycles. The summed E-state index contributed by atoms with van der Waals surface area (Å²) in [7, 11) is 0. The molecule has 0 unspecified atom stereocenters. The average Bonchev–Trinajstić information content (AvgIpc) is 3.00. The Labute approximate surface area is 146 Å². The summed E-state index contributed by atoms with van der Waals surface area (Å²) in [5.74, 6) is 0.575. The normalized spacial score (nSPS) is 11.5. The van der Waals surface area contributed by atoms with Gasteiger partial charge in [0.2, 0.25) is 5.91 Å². The number of carbonyl (C=O) groups excluding carboxylic acids is 1. The number of anilines is 1. The number of ether oxygens (including phenoxy) is 1. The van der Waals surface area contributed by atoms with E-state index in [-0.39, 0.29) is 11.3 Å². The zero-order chi connectivity index (χ0) is 17.6. The average molecular weight is 342 g/mol. The molecular formula is C19H22N2O2S. The Morgan fingerprint density at radius 1 is 1.33 bits per heavy atom. The zero-order valence-corrected chi connectivity index (χ0v) is 15.0. The van der Waals surface area contributed by atoms with Crippen LogP contribution in [0.5, 0.6) is 5.75 Å². The van der Waals surface area contributed by atoms with Crippen molar-refractivity contribution in [2.75, 3.05) is 11.9 Å². The van der Waals surface area contributed by atoms with Crippen molar-refractivity contribution in [3.05, 3.63) is 59.6 Å². The maximum Gasteiger partial charge on any atom is 0.250 e. The third kappa shape index (κ3) is 5.35. The van der Waals surface area contributed by atoms with E-state index in [0.717, 1.165) is 17.0 Å². The fraction of sp³-hybridized carbons (Fsp3) is 0.263. The smallest absolute Gasteiger partial charge is 0.250 e. The van der Waals surface area contributed by atoms with Gasteiger partial charge in [-0.3, -0.25) is 10.1 Å². The van der Waals surface area contributed by atoms with E-state index in [1.807, 2.05) is 29.6 Å². The lowest BCUT2D eigenvalue weighted by atomic mass is 9.93. The number of hydrogen-bond acceptors (Lipinski definition) is 4. The molecule has 0 saturated heterocycles. The number of rotatable bonds is 6. The first kappa shape index (κ1) is 17.9. The van der Waals surface area contributed by atoms with Crippen LogP contribution in [0.1, 0.15) is 32.0 Å². The van der Waals surface area contributed by atoms with E-state index in [0.29, 0.717) is 11.7 Å². The van der Waals surface area contributed by atoms with E-state index in [1.54, 1.807) is 12.2 Å². The van der Waals surface area contributed by atoms with Gasteiger partial charge in [0.05, 0.1) is 5.69 Å². The van der Waals surface area contributed by atoms with E-state index >= 15 is 0 Å². The van der Waals surface area contributed by atoms with Crippen molar-refractivity contribution in [2.45, 2.75) is 26.2 Å². The van der Waals surface area contributed by atoms with Crippen molar-refractivity contribution >= 4 is 28.5 Å². The Morgan fingerprint density at radius 2 is 2.04 bits per heavy atom. The molecule has 1 aromatic heterocycles. The van der Waals surface area contributed by atoms with E-state index in [4.69, 9.17) is 4.74 Å². The molecule has 1 heterocycles. The minimum absolute atomic E-state index is 0.0231. The number of carbonyl (C=O) groups is 1. The predicted molar refractivity (Wildman–Crippen MR) is 101 cm³/mol. The molecular weight excluding hydrogens is 320 g/mol. The van der Waals surface area contributed by atoms with Gasteiger partial charge in [0.25, 0.3) is 0 Å². The molecule has 1 N–H and O–H groups in total. The Hall–Kier alpha value is -2.40. The minimum Gasteiger partial charge on any atom is -0.490 e. The highest BCUT2D eigenvalue weighted by Gasteiger charge is 2.17. The number of benzene rings is 1. The molecule has 24 heavy (non-hydrogen) atoms. The number of aromatic nitrogens is 1. The van der Waals surface area contributed by atoms with Crippen molar-refractivity contribution in [2.24, 2.45) is 0 Å². The van der Waals surface area contributed by atoms with Gasteiger partial charge in [-0.25, -0.2) is 4.98 Å². The van der Waals surface area contributed by atoms with Crippen molar-refractivity contribution in [3.8, 4) is 5.75 Å². The van der Waals surface area contributed by atoms with Crippen LogP contribution in [-0.2, 0) is 10.2 Å². The molecule has 0 aliphatic carbocycles. The van der Waals surface area contributed by atoms with Crippen LogP contribution in [0.3, 0.4) is 0 Å². The zero-order valence-electron chi connectivity index (χ0n) is 14.2. The fourth-order valence-electron chi connectivity index (χ4n) is 1.82. The Kier molecular flexibility index (Phi) is 5.93. The standard InChI is InChI=1S/C19H22N2O2S/c1-5-12-23-15-9-6-14(7-10-15)8-11-17(22)21-18-20-16(13-24-18)19(2,3)4/h5-11,13H,1,12H2,2-4H3,(H,20,21,22)/b11-8+. The highest BCUT2D eigenvalue weighted by molar-refractivity contribution is 7.14. The van der Waals surface area contributed by atoms with Crippen LogP contribution in [0.25, 0.3) is 6.08 Å². The molecule has 0 bridgehead atoms. The molecule has 126 valence electrons. The van der Waals surface area contributed by atoms with Gasteiger partial charge in [0.15, 0.2) is 5.13 Å². The van der Waals surface area contributed by atoms with Crippen LogP contribution in [-0.4, -0.2) is 17.5 Å². The molecule has 0 saturated carbocycles. The molecule has 0 atom stereocenters. The lowest BCUT2D eigenvalue weighted by Crippen LogP contribution is -2.12. The van der Waals surface area contributed by atoms with Crippen LogP contribution in [0.2, 0.25) is 0 Å². The van der Waals surface area contributed by atoms with Crippen molar-refractivity contribution in [1.82, 2.24) is 4.98 Å². The quantitative estimate of drug-likeness (QED) is 0.614. The van der Waals surface area contributed by atoms with Crippen LogP contribution in [0.4, 0.5) is 5.13 Å². The van der Waals surface area contributed by atoms with E-state index < -0.39 is 0 Å². The molecule has 2 aromatic rings. The van der Waals surface area contributed by atoms with E-state index in [9.17, 15) is 4.79 Å². The van der Waals surface area contributed by atoms with Gasteiger partial charge in [0, 0.05) is 16.9 Å². The van der Waals surface area contributed by atoms with E-state index in [2.05, 4.69) is 37.7 Å². The van der Waals surface area contributed by atoms with Gasteiger partial charge >= 0.3 is 0 Å². The monoisotopic (exact) mass is 342 g/mol. The summed E-state index contributed by atoms with van der Waals surface area (Å²) in [6, 6.07) is 7.50. The second kappa shape index (κ2) is 7.93. The molecule has 5 heteroatoms. The number of nitrogens with zero attached hydrogens (tertiary/aromatic N) is 1. The maximum atomic E-state index is 12.0. The molecule has 2 rings (SSSR count). The number of nitrogens with one attached hydrogen (secondary N) is 1. The Morgan fingerprint density at radius 3 is 2.62 bits per heavy atom. The van der Waals surface area contributed by atoms with Gasteiger partial charge in [0.1, 0.15) is 12.4 Å². The molecule has 0 aliphatic heterocycles. The molecule has 0 radical (unpaired) electrons. The van der Waals surface area contributed by atoms with Gasteiger partial charge in [-0.05, 0) is 23.8 Å². The summed E-state index contributed by atoms with van der Waals surface area (Å²) in [4.78, 5) is 16.4. The van der Waals surface area contributed by atoms with Gasteiger partial charge < -0.3 is 4.74 Å². The summed E-state index contributed by atoms with van der Waals surface area (Å²) in [6.45, 7) is 10.4. The minimum atomic E-state index is -0.197. The van der Waals surface area contributed by atoms with Gasteiger partial charge in [-0.2, -0.15) is 0 Å². The summed E-state index contributed by atoms with van der Waals surface area (Å²) < 4.78 is 5.42. The number of thiazole rings is 1. The number of hydrogen-bond donors (Lipinski definition) is 1. The molecule has 4 nitrogen and oxygen atoms in total. The number of amides is 1. The van der Waals surface area contributed by atoms with Crippen LogP contribution >= 0.6 is 11.3 Å². The summed E-state index contributed by atoms with van der Waals surface area (Å²) in [6.07, 6.45) is 4.95. The van der Waals surface area contributed by atoms with Crippen molar-refractivity contribution < 1.29 is 9.53 Å². The first-order valence-electron chi connectivity index (χ1n) is 7.67. The van der Waals surface area contributed by atoms with E-state index in [1.165, 1.54) is 17.4 Å². The van der Waals surface area contributed by atoms with Gasteiger partial charge in [-0.1, -0.05) is 45.6 Å². The second-order valence-electron chi connectivity index (χ2n) is 6.28. The summed E-state index contributed by atoms with van der Waals surface area (Å²) in [5, 5.41) is 5.38. The first-order valence-corrected chi connectivity index (χ1v) is 8.55.